The zero-order valence-corrected chi connectivity index (χ0v) is 19.6. The van der Waals surface area contributed by atoms with Crippen molar-refractivity contribution in [1.82, 2.24) is 14.4 Å². The van der Waals surface area contributed by atoms with Crippen LogP contribution >= 0.6 is 23.1 Å². The molecule has 0 radical (unpaired) electrons. The van der Waals surface area contributed by atoms with E-state index < -0.39 is 11.7 Å². The number of amides is 1. The van der Waals surface area contributed by atoms with Gasteiger partial charge < -0.3 is 10.1 Å². The van der Waals surface area contributed by atoms with Crippen LogP contribution in [0, 0.1) is 6.92 Å². The van der Waals surface area contributed by atoms with E-state index in [1.54, 1.807) is 19.2 Å². The fraction of sp³-hybridized carbons (Fsp3) is 0.409. The lowest BCUT2D eigenvalue weighted by atomic mass is 10.1. The third-order valence-electron chi connectivity index (χ3n) is 5.18. The van der Waals surface area contributed by atoms with E-state index in [0.717, 1.165) is 59.9 Å². The van der Waals surface area contributed by atoms with Gasteiger partial charge in [-0.2, -0.15) is 4.98 Å². The van der Waals surface area contributed by atoms with Crippen LogP contribution in [-0.4, -0.2) is 38.6 Å². The van der Waals surface area contributed by atoms with E-state index in [9.17, 15) is 14.4 Å². The molecule has 4 rings (SSSR count). The molecule has 3 aromatic rings. The average Bonchev–Trinajstić information content (AvgIpc) is 2.92. The van der Waals surface area contributed by atoms with Gasteiger partial charge in [-0.3, -0.25) is 9.20 Å². The molecule has 0 aromatic carbocycles. The Morgan fingerprint density at radius 2 is 2.06 bits per heavy atom. The largest absolute Gasteiger partial charge is 0.462 e. The number of thiophene rings is 1. The molecule has 3 aromatic heterocycles. The van der Waals surface area contributed by atoms with Crippen molar-refractivity contribution in [3.8, 4) is 0 Å². The van der Waals surface area contributed by atoms with Gasteiger partial charge in [-0.15, -0.1) is 11.3 Å². The number of carbonyl (C=O) groups excluding carboxylic acids is 2. The molecule has 0 fully saturated rings. The first-order chi connectivity index (χ1) is 15.5. The summed E-state index contributed by atoms with van der Waals surface area (Å²) in [6, 6.07) is 3.60. The predicted octanol–water partition coefficient (Wildman–Crippen LogP) is 3.64. The number of carbonyl (C=O) groups is 2. The summed E-state index contributed by atoms with van der Waals surface area (Å²) in [6.07, 6.45) is 6.59. The Morgan fingerprint density at radius 3 is 2.88 bits per heavy atom. The number of esters is 1. The van der Waals surface area contributed by atoms with Crippen molar-refractivity contribution >= 4 is 45.6 Å². The van der Waals surface area contributed by atoms with Crippen molar-refractivity contribution in [2.75, 3.05) is 17.7 Å². The molecule has 1 N–H and O–H groups in total. The van der Waals surface area contributed by atoms with Gasteiger partial charge in [0, 0.05) is 11.1 Å². The molecule has 1 amide bonds. The Hall–Kier alpha value is -2.72. The number of hydrogen-bond acceptors (Lipinski definition) is 8. The molecular formula is C22H24N4O4S2. The average molecular weight is 473 g/mol. The second-order valence-corrected chi connectivity index (χ2v) is 9.59. The molecule has 0 atom stereocenters. The number of nitrogens with zero attached hydrogens (tertiary/aromatic N) is 3. The molecule has 1 aliphatic rings. The number of rotatable bonds is 6. The molecule has 32 heavy (non-hydrogen) atoms. The first-order valence-electron chi connectivity index (χ1n) is 10.6. The van der Waals surface area contributed by atoms with Gasteiger partial charge >= 0.3 is 11.7 Å². The third kappa shape index (κ3) is 4.86. The number of fused-ring (bicyclic) bond motifs is 2. The normalized spacial score (nSPS) is 13.4. The van der Waals surface area contributed by atoms with Crippen LogP contribution in [0.25, 0.3) is 5.65 Å². The number of aromatic nitrogens is 3. The van der Waals surface area contributed by atoms with Gasteiger partial charge in [0.05, 0.1) is 17.9 Å². The first kappa shape index (κ1) is 22.5. The van der Waals surface area contributed by atoms with Crippen LogP contribution in [0.5, 0.6) is 0 Å². The minimum Gasteiger partial charge on any atom is -0.462 e. The van der Waals surface area contributed by atoms with Crippen LogP contribution in [0.3, 0.4) is 0 Å². The molecule has 1 aliphatic carbocycles. The van der Waals surface area contributed by atoms with E-state index in [1.807, 2.05) is 13.0 Å². The molecule has 10 heteroatoms. The Bertz CT molecular complexity index is 1230. The Balaban J connectivity index is 1.51. The lowest BCUT2D eigenvalue weighted by Gasteiger charge is -2.08. The second kappa shape index (κ2) is 9.83. The summed E-state index contributed by atoms with van der Waals surface area (Å²) < 4.78 is 6.63. The number of pyridine rings is 1. The first-order valence-corrected chi connectivity index (χ1v) is 12.4. The summed E-state index contributed by atoms with van der Waals surface area (Å²) >= 11 is 2.54. The Kier molecular flexibility index (Phi) is 6.90. The van der Waals surface area contributed by atoms with Crippen molar-refractivity contribution in [3.05, 3.63) is 50.4 Å². The maximum Gasteiger partial charge on any atom is 0.355 e. The number of hydrogen-bond donors (Lipinski definition) is 1. The van der Waals surface area contributed by atoms with Crippen LogP contribution in [0.4, 0.5) is 5.00 Å². The molecule has 0 spiro atoms. The fourth-order valence-corrected chi connectivity index (χ4v) is 5.63. The zero-order chi connectivity index (χ0) is 22.7. The highest BCUT2D eigenvalue weighted by molar-refractivity contribution is 7.99. The summed E-state index contributed by atoms with van der Waals surface area (Å²) in [4.78, 5) is 47.0. The molecular weight excluding hydrogens is 448 g/mol. The second-order valence-electron chi connectivity index (χ2n) is 7.55. The SMILES string of the molecule is CCOC(=O)c1c(NC(=O)CSc2nc(=O)n3ccc(C)cc3n2)sc2c1CCCCC2. The number of nitrogens with one attached hydrogen (secondary N) is 1. The van der Waals surface area contributed by atoms with E-state index in [4.69, 9.17) is 4.74 Å². The van der Waals surface area contributed by atoms with Crippen molar-refractivity contribution in [2.45, 2.75) is 51.1 Å². The Labute approximate surface area is 193 Å². The minimum atomic E-state index is -0.440. The Morgan fingerprint density at radius 1 is 1.25 bits per heavy atom. The summed E-state index contributed by atoms with van der Waals surface area (Å²) in [5.74, 6) is -0.659. The van der Waals surface area contributed by atoms with E-state index in [-0.39, 0.29) is 23.4 Å². The van der Waals surface area contributed by atoms with Crippen LogP contribution in [0.15, 0.2) is 28.3 Å². The topological polar surface area (TPSA) is 103 Å². The summed E-state index contributed by atoms with van der Waals surface area (Å²) in [6.45, 7) is 3.96. The molecule has 0 unspecified atom stereocenters. The highest BCUT2D eigenvalue weighted by Crippen LogP contribution is 2.38. The highest BCUT2D eigenvalue weighted by Gasteiger charge is 2.26. The molecule has 3 heterocycles. The van der Waals surface area contributed by atoms with Crippen molar-refractivity contribution in [3.63, 3.8) is 0 Å². The fourth-order valence-electron chi connectivity index (χ4n) is 3.70. The maximum absolute atomic E-state index is 12.7. The summed E-state index contributed by atoms with van der Waals surface area (Å²) in [5, 5.41) is 3.65. The van der Waals surface area contributed by atoms with Gasteiger partial charge in [0.25, 0.3) is 0 Å². The number of thioether (sulfide) groups is 1. The predicted molar refractivity (Wildman–Crippen MR) is 125 cm³/mol. The van der Waals surface area contributed by atoms with Gasteiger partial charge in [0.15, 0.2) is 5.16 Å². The lowest BCUT2D eigenvalue weighted by Crippen LogP contribution is -2.20. The van der Waals surface area contributed by atoms with Crippen LogP contribution in [-0.2, 0) is 22.4 Å². The number of aryl methyl sites for hydroxylation is 2. The van der Waals surface area contributed by atoms with E-state index in [0.29, 0.717) is 16.2 Å². The monoisotopic (exact) mass is 472 g/mol. The molecule has 0 aliphatic heterocycles. The smallest absolute Gasteiger partial charge is 0.355 e. The van der Waals surface area contributed by atoms with E-state index in [1.165, 1.54) is 15.7 Å². The van der Waals surface area contributed by atoms with Gasteiger partial charge in [0.1, 0.15) is 10.6 Å². The maximum atomic E-state index is 12.7. The minimum absolute atomic E-state index is 0.0201. The van der Waals surface area contributed by atoms with Crippen molar-refractivity contribution in [1.29, 1.82) is 0 Å². The van der Waals surface area contributed by atoms with Crippen molar-refractivity contribution < 1.29 is 14.3 Å². The van der Waals surface area contributed by atoms with Crippen LogP contribution in [0.2, 0.25) is 0 Å². The molecule has 8 nitrogen and oxygen atoms in total. The van der Waals surface area contributed by atoms with Gasteiger partial charge in [-0.1, -0.05) is 18.2 Å². The van der Waals surface area contributed by atoms with Gasteiger partial charge in [-0.05, 0) is 62.8 Å². The van der Waals surface area contributed by atoms with Crippen LogP contribution < -0.4 is 11.0 Å². The van der Waals surface area contributed by atoms with E-state index >= 15 is 0 Å². The number of ether oxygens (including phenoxy) is 1. The molecule has 0 bridgehead atoms. The molecule has 0 saturated heterocycles. The zero-order valence-electron chi connectivity index (χ0n) is 18.0. The molecule has 168 valence electrons. The number of anilines is 1. The van der Waals surface area contributed by atoms with Gasteiger partial charge in [0.2, 0.25) is 5.91 Å². The van der Waals surface area contributed by atoms with Crippen molar-refractivity contribution in [2.24, 2.45) is 0 Å². The lowest BCUT2D eigenvalue weighted by molar-refractivity contribution is -0.113. The quantitative estimate of drug-likeness (QED) is 0.332. The summed E-state index contributed by atoms with van der Waals surface area (Å²) in [7, 11) is 0. The standard InChI is InChI=1S/C22H24N4O4S2/c1-3-30-20(28)18-14-7-5-4-6-8-15(14)32-19(18)24-17(27)12-31-21-23-16-11-13(2)9-10-26(16)22(29)25-21/h9-11H,3-8,12H2,1-2H3,(H,24,27). The van der Waals surface area contributed by atoms with E-state index in [2.05, 4.69) is 15.3 Å². The summed E-state index contributed by atoms with van der Waals surface area (Å²) in [5.41, 5.74) is 2.52. The highest BCUT2D eigenvalue weighted by atomic mass is 32.2. The van der Waals surface area contributed by atoms with Gasteiger partial charge in [-0.25, -0.2) is 14.6 Å². The van der Waals surface area contributed by atoms with Crippen LogP contribution in [0.1, 0.15) is 52.5 Å². The third-order valence-corrected chi connectivity index (χ3v) is 7.24. The molecule has 0 saturated carbocycles.